The van der Waals surface area contributed by atoms with E-state index in [1.54, 1.807) is 18.2 Å². The van der Waals surface area contributed by atoms with E-state index in [1.807, 2.05) is 37.3 Å². The van der Waals surface area contributed by atoms with Crippen molar-refractivity contribution in [2.45, 2.75) is 18.4 Å². The van der Waals surface area contributed by atoms with Gasteiger partial charge < -0.3 is 9.64 Å². The summed E-state index contributed by atoms with van der Waals surface area (Å²) in [5.41, 5.74) is 1.44. The normalized spacial score (nSPS) is 15.1. The van der Waals surface area contributed by atoms with Gasteiger partial charge in [0.2, 0.25) is 16.0 Å². The van der Waals surface area contributed by atoms with Gasteiger partial charge in [-0.15, -0.1) is 0 Å². The molecule has 0 unspecified atom stereocenters. The monoisotopic (exact) mass is 398 g/mol. The Morgan fingerprint density at radius 1 is 1.07 bits per heavy atom. The van der Waals surface area contributed by atoms with Crippen molar-refractivity contribution in [3.8, 4) is 0 Å². The summed E-state index contributed by atoms with van der Waals surface area (Å²) in [6, 6.07) is 14.5. The molecule has 0 amide bonds. The minimum absolute atomic E-state index is 0.103. The predicted molar refractivity (Wildman–Crippen MR) is 108 cm³/mol. The molecule has 7 nitrogen and oxygen atoms in total. The number of sulfonamides is 1. The van der Waals surface area contributed by atoms with E-state index in [2.05, 4.69) is 19.6 Å². The highest BCUT2D eigenvalue weighted by molar-refractivity contribution is 7.89. The van der Waals surface area contributed by atoms with E-state index in [0.717, 1.165) is 24.2 Å². The Morgan fingerprint density at radius 3 is 2.64 bits per heavy atom. The lowest BCUT2D eigenvalue weighted by Gasteiger charge is -2.27. The number of aryl methyl sites for hydroxylation is 1. The van der Waals surface area contributed by atoms with Crippen LogP contribution in [0.25, 0.3) is 10.8 Å². The first-order valence-electron chi connectivity index (χ1n) is 9.18. The van der Waals surface area contributed by atoms with Crippen LogP contribution in [0.2, 0.25) is 0 Å². The summed E-state index contributed by atoms with van der Waals surface area (Å²) >= 11 is 0. The second-order valence-corrected chi connectivity index (χ2v) is 8.44. The summed E-state index contributed by atoms with van der Waals surface area (Å²) in [4.78, 5) is 11.4. The number of morpholine rings is 1. The van der Waals surface area contributed by atoms with Crippen molar-refractivity contribution in [2.75, 3.05) is 31.2 Å². The molecule has 1 saturated heterocycles. The lowest BCUT2D eigenvalue weighted by molar-refractivity contribution is 0.122. The Labute approximate surface area is 164 Å². The zero-order chi connectivity index (χ0) is 19.6. The summed E-state index contributed by atoms with van der Waals surface area (Å²) in [6.07, 6.45) is 0. The molecule has 28 heavy (non-hydrogen) atoms. The number of hydrogen-bond donors (Lipinski definition) is 1. The number of anilines is 1. The summed E-state index contributed by atoms with van der Waals surface area (Å²) < 4.78 is 33.9. The molecule has 0 bridgehead atoms. The molecule has 2 aromatic carbocycles. The van der Waals surface area contributed by atoms with Crippen LogP contribution in [-0.2, 0) is 21.3 Å². The highest BCUT2D eigenvalue weighted by Gasteiger charge is 2.19. The molecule has 1 fully saturated rings. The molecule has 0 spiro atoms. The first kappa shape index (κ1) is 18.8. The molecule has 3 aromatic rings. The third kappa shape index (κ3) is 3.99. The molecule has 146 valence electrons. The first-order valence-corrected chi connectivity index (χ1v) is 10.7. The van der Waals surface area contributed by atoms with Gasteiger partial charge in [-0.05, 0) is 24.4 Å². The van der Waals surface area contributed by atoms with Gasteiger partial charge in [0.15, 0.2) is 0 Å². The van der Waals surface area contributed by atoms with E-state index >= 15 is 0 Å². The van der Waals surface area contributed by atoms with E-state index in [0.29, 0.717) is 30.2 Å². The van der Waals surface area contributed by atoms with Crippen molar-refractivity contribution >= 4 is 26.7 Å². The minimum Gasteiger partial charge on any atom is -0.378 e. The van der Waals surface area contributed by atoms with Crippen molar-refractivity contribution in [3.63, 3.8) is 0 Å². The molecular formula is C20H22N4O3S. The number of fused-ring (bicyclic) bond motifs is 1. The van der Waals surface area contributed by atoms with E-state index in [4.69, 9.17) is 4.74 Å². The second kappa shape index (κ2) is 7.83. The third-order valence-electron chi connectivity index (χ3n) is 4.67. The number of nitrogens with one attached hydrogen (secondary N) is 1. The zero-order valence-corrected chi connectivity index (χ0v) is 16.4. The Balaban J connectivity index is 1.57. The van der Waals surface area contributed by atoms with Crippen LogP contribution in [-0.4, -0.2) is 44.7 Å². The van der Waals surface area contributed by atoms with E-state index < -0.39 is 10.0 Å². The molecular weight excluding hydrogens is 376 g/mol. The number of hydrogen-bond acceptors (Lipinski definition) is 6. The van der Waals surface area contributed by atoms with Gasteiger partial charge in [0.1, 0.15) is 0 Å². The van der Waals surface area contributed by atoms with Crippen LogP contribution in [0.15, 0.2) is 53.4 Å². The topological polar surface area (TPSA) is 84.4 Å². The van der Waals surface area contributed by atoms with Crippen LogP contribution in [0.3, 0.4) is 0 Å². The van der Waals surface area contributed by atoms with Gasteiger partial charge in [0.05, 0.1) is 30.3 Å². The van der Waals surface area contributed by atoms with Crippen LogP contribution in [0.1, 0.15) is 11.4 Å². The van der Waals surface area contributed by atoms with Gasteiger partial charge in [-0.3, -0.25) is 0 Å². The number of ether oxygens (including phenoxy) is 1. The van der Waals surface area contributed by atoms with Gasteiger partial charge in [-0.2, -0.15) is 0 Å². The fourth-order valence-electron chi connectivity index (χ4n) is 3.29. The smallest absolute Gasteiger partial charge is 0.241 e. The Hall–Kier alpha value is -2.55. The predicted octanol–water partition coefficient (Wildman–Crippen LogP) is 2.25. The second-order valence-electron chi connectivity index (χ2n) is 6.70. The average molecular weight is 398 g/mol. The largest absolute Gasteiger partial charge is 0.378 e. The SMILES string of the molecule is Cc1cc(CNS(=O)(=O)c2cccc3ccccc23)nc(N2CCOCC2)n1. The fourth-order valence-corrected chi connectivity index (χ4v) is 4.52. The molecule has 1 aliphatic heterocycles. The number of nitrogens with zero attached hydrogens (tertiary/aromatic N) is 3. The van der Waals surface area contributed by atoms with Crippen molar-refractivity contribution < 1.29 is 13.2 Å². The van der Waals surface area contributed by atoms with Gasteiger partial charge in [-0.25, -0.2) is 23.1 Å². The maximum atomic E-state index is 12.9. The van der Waals surface area contributed by atoms with Crippen LogP contribution in [0.4, 0.5) is 5.95 Å². The van der Waals surface area contributed by atoms with Crippen molar-refractivity contribution in [2.24, 2.45) is 0 Å². The standard InChI is InChI=1S/C20H22N4O3S/c1-15-13-17(23-20(22-15)24-9-11-27-12-10-24)14-21-28(25,26)19-8-4-6-16-5-2-3-7-18(16)19/h2-8,13,21H,9-12,14H2,1H3. The molecule has 1 aliphatic rings. The van der Waals surface area contributed by atoms with E-state index in [9.17, 15) is 8.42 Å². The molecule has 2 heterocycles. The first-order chi connectivity index (χ1) is 13.5. The van der Waals surface area contributed by atoms with Crippen molar-refractivity contribution in [3.05, 3.63) is 59.9 Å². The third-order valence-corrected chi connectivity index (χ3v) is 6.13. The summed E-state index contributed by atoms with van der Waals surface area (Å²) in [6.45, 7) is 4.72. The number of aromatic nitrogens is 2. The summed E-state index contributed by atoms with van der Waals surface area (Å²) in [7, 11) is -3.68. The highest BCUT2D eigenvalue weighted by atomic mass is 32.2. The molecule has 0 saturated carbocycles. The van der Waals surface area contributed by atoms with Gasteiger partial charge in [0, 0.05) is 24.2 Å². The molecule has 8 heteroatoms. The minimum atomic E-state index is -3.68. The fraction of sp³-hybridized carbons (Fsp3) is 0.300. The van der Waals surface area contributed by atoms with Crippen LogP contribution >= 0.6 is 0 Å². The number of rotatable bonds is 5. The molecule has 1 N–H and O–H groups in total. The Kier molecular flexibility index (Phi) is 5.25. The molecule has 0 radical (unpaired) electrons. The van der Waals surface area contributed by atoms with Crippen LogP contribution < -0.4 is 9.62 Å². The lowest BCUT2D eigenvalue weighted by atomic mass is 10.1. The quantitative estimate of drug-likeness (QED) is 0.710. The highest BCUT2D eigenvalue weighted by Crippen LogP contribution is 2.23. The van der Waals surface area contributed by atoms with Gasteiger partial charge >= 0.3 is 0 Å². The molecule has 0 aliphatic carbocycles. The molecule has 4 rings (SSSR count). The molecule has 0 atom stereocenters. The van der Waals surface area contributed by atoms with E-state index in [-0.39, 0.29) is 11.4 Å². The lowest BCUT2D eigenvalue weighted by Crippen LogP contribution is -2.37. The number of benzene rings is 2. The zero-order valence-electron chi connectivity index (χ0n) is 15.6. The van der Waals surface area contributed by atoms with Gasteiger partial charge in [0.25, 0.3) is 0 Å². The summed E-state index contributed by atoms with van der Waals surface area (Å²) in [5.74, 6) is 0.614. The maximum Gasteiger partial charge on any atom is 0.241 e. The molecule has 1 aromatic heterocycles. The maximum absolute atomic E-state index is 12.9. The Morgan fingerprint density at radius 2 is 1.82 bits per heavy atom. The average Bonchev–Trinajstić information content (AvgIpc) is 2.72. The van der Waals surface area contributed by atoms with Crippen LogP contribution in [0.5, 0.6) is 0 Å². The van der Waals surface area contributed by atoms with Gasteiger partial charge in [-0.1, -0.05) is 36.4 Å². The Bertz CT molecular complexity index is 1090. The van der Waals surface area contributed by atoms with Crippen molar-refractivity contribution in [1.29, 1.82) is 0 Å². The summed E-state index contributed by atoms with van der Waals surface area (Å²) in [5, 5.41) is 1.59. The van der Waals surface area contributed by atoms with Crippen LogP contribution in [0, 0.1) is 6.92 Å². The van der Waals surface area contributed by atoms with Crippen molar-refractivity contribution in [1.82, 2.24) is 14.7 Å². The van der Waals surface area contributed by atoms with E-state index in [1.165, 1.54) is 0 Å².